The van der Waals surface area contributed by atoms with Crippen LogP contribution < -0.4 is 5.32 Å². The molecular weight excluding hydrogens is 234 g/mol. The number of amides is 1. The molecule has 1 aromatic heterocycles. The third-order valence-corrected chi connectivity index (χ3v) is 2.52. The van der Waals surface area contributed by atoms with Gasteiger partial charge in [0.1, 0.15) is 5.52 Å². The van der Waals surface area contributed by atoms with E-state index in [4.69, 9.17) is 10.2 Å². The minimum atomic E-state index is -0.676. The number of aliphatic hydroxyl groups is 2. The molecule has 0 fully saturated rings. The summed E-state index contributed by atoms with van der Waals surface area (Å²) in [6, 6.07) is 4.41. The van der Waals surface area contributed by atoms with E-state index in [1.54, 1.807) is 24.4 Å². The lowest BCUT2D eigenvalue weighted by Gasteiger charge is -2.13. The molecule has 6 nitrogen and oxygen atoms in total. The van der Waals surface area contributed by atoms with Gasteiger partial charge in [-0.15, -0.1) is 0 Å². The van der Waals surface area contributed by atoms with Crippen molar-refractivity contribution in [1.82, 2.24) is 15.3 Å². The fourth-order valence-corrected chi connectivity index (χ4v) is 1.59. The van der Waals surface area contributed by atoms with Crippen LogP contribution in [0.1, 0.15) is 10.4 Å². The molecule has 94 valence electrons. The van der Waals surface area contributed by atoms with Crippen LogP contribution >= 0.6 is 0 Å². The summed E-state index contributed by atoms with van der Waals surface area (Å²) >= 11 is 0. The normalized spacial score (nSPS) is 10.8. The van der Waals surface area contributed by atoms with Crippen LogP contribution in [0, 0.1) is 0 Å². The average Bonchev–Trinajstić information content (AvgIpc) is 2.43. The fraction of sp³-hybridized carbons (Fsp3) is 0.250. The van der Waals surface area contributed by atoms with Crippen LogP contribution in [0.4, 0.5) is 0 Å². The second kappa shape index (κ2) is 5.52. The van der Waals surface area contributed by atoms with Gasteiger partial charge in [0.2, 0.25) is 0 Å². The molecule has 18 heavy (non-hydrogen) atoms. The van der Waals surface area contributed by atoms with Gasteiger partial charge in [-0.2, -0.15) is 0 Å². The number of rotatable bonds is 4. The Kier molecular flexibility index (Phi) is 3.81. The van der Waals surface area contributed by atoms with Crippen LogP contribution in [-0.4, -0.2) is 45.3 Å². The van der Waals surface area contributed by atoms with Crippen molar-refractivity contribution in [2.24, 2.45) is 0 Å². The zero-order chi connectivity index (χ0) is 13.0. The van der Waals surface area contributed by atoms with Crippen molar-refractivity contribution < 1.29 is 15.0 Å². The number of fused-ring (bicyclic) bond motifs is 1. The second-order valence-corrected chi connectivity index (χ2v) is 3.77. The maximum Gasteiger partial charge on any atom is 0.253 e. The molecule has 0 spiro atoms. The summed E-state index contributed by atoms with van der Waals surface area (Å²) in [5, 5.41) is 20.4. The zero-order valence-electron chi connectivity index (χ0n) is 9.58. The van der Waals surface area contributed by atoms with E-state index in [-0.39, 0.29) is 13.2 Å². The third kappa shape index (κ3) is 2.44. The van der Waals surface area contributed by atoms with Crippen LogP contribution in [0.2, 0.25) is 0 Å². The summed E-state index contributed by atoms with van der Waals surface area (Å²) in [5.74, 6) is -0.394. The number of hydrogen-bond donors (Lipinski definition) is 3. The predicted molar refractivity (Wildman–Crippen MR) is 65.0 cm³/mol. The van der Waals surface area contributed by atoms with Crippen LogP contribution in [-0.2, 0) is 0 Å². The molecule has 1 amide bonds. The number of hydrogen-bond acceptors (Lipinski definition) is 5. The molecule has 1 aromatic carbocycles. The fourth-order valence-electron chi connectivity index (χ4n) is 1.59. The molecule has 0 atom stereocenters. The number of para-hydroxylation sites is 1. The third-order valence-electron chi connectivity index (χ3n) is 2.52. The molecule has 0 aliphatic heterocycles. The SMILES string of the molecule is O=C(NC(CO)CO)c1cccc2nccnc12. The maximum absolute atomic E-state index is 12.0. The summed E-state index contributed by atoms with van der Waals surface area (Å²) in [6.07, 6.45) is 3.06. The first-order chi connectivity index (χ1) is 8.76. The van der Waals surface area contributed by atoms with Crippen molar-refractivity contribution in [2.45, 2.75) is 6.04 Å². The summed E-state index contributed by atoms with van der Waals surface area (Å²) in [4.78, 5) is 20.2. The number of benzene rings is 1. The zero-order valence-corrected chi connectivity index (χ0v) is 9.58. The molecule has 0 saturated heterocycles. The lowest BCUT2D eigenvalue weighted by Crippen LogP contribution is -2.40. The molecule has 6 heteroatoms. The predicted octanol–water partition coefficient (Wildman–Crippen LogP) is -0.287. The summed E-state index contributed by atoms with van der Waals surface area (Å²) in [5.41, 5.74) is 1.48. The highest BCUT2D eigenvalue weighted by molar-refractivity contribution is 6.04. The summed E-state index contributed by atoms with van der Waals surface area (Å²) < 4.78 is 0. The van der Waals surface area contributed by atoms with E-state index >= 15 is 0 Å². The molecule has 0 aliphatic rings. The van der Waals surface area contributed by atoms with Crippen LogP contribution in [0.3, 0.4) is 0 Å². The lowest BCUT2D eigenvalue weighted by molar-refractivity contribution is 0.0881. The number of nitrogens with zero attached hydrogens (tertiary/aromatic N) is 2. The standard InChI is InChI=1S/C12H13N3O3/c16-6-8(7-17)15-12(18)9-2-1-3-10-11(9)14-5-4-13-10/h1-5,8,16-17H,6-7H2,(H,15,18). The minimum absolute atomic E-state index is 0.321. The topological polar surface area (TPSA) is 95.3 Å². The highest BCUT2D eigenvalue weighted by Crippen LogP contribution is 2.13. The molecule has 0 saturated carbocycles. The van der Waals surface area contributed by atoms with Crippen molar-refractivity contribution in [3.63, 3.8) is 0 Å². The Morgan fingerprint density at radius 1 is 1.22 bits per heavy atom. The first-order valence-corrected chi connectivity index (χ1v) is 5.48. The van der Waals surface area contributed by atoms with Gasteiger partial charge in [0.25, 0.3) is 5.91 Å². The van der Waals surface area contributed by atoms with Crippen molar-refractivity contribution in [2.75, 3.05) is 13.2 Å². The highest BCUT2D eigenvalue weighted by atomic mass is 16.3. The first kappa shape index (κ1) is 12.4. The van der Waals surface area contributed by atoms with Gasteiger partial charge in [-0.3, -0.25) is 14.8 Å². The van der Waals surface area contributed by atoms with Crippen molar-refractivity contribution in [1.29, 1.82) is 0 Å². The average molecular weight is 247 g/mol. The number of aliphatic hydroxyl groups excluding tert-OH is 2. The molecule has 3 N–H and O–H groups in total. The lowest BCUT2D eigenvalue weighted by atomic mass is 10.1. The van der Waals surface area contributed by atoms with Crippen molar-refractivity contribution in [3.05, 3.63) is 36.2 Å². The smallest absolute Gasteiger partial charge is 0.253 e. The van der Waals surface area contributed by atoms with Crippen LogP contribution in [0.15, 0.2) is 30.6 Å². The number of carbonyl (C=O) groups is 1. The van der Waals surface area contributed by atoms with E-state index in [0.717, 1.165) is 0 Å². The van der Waals surface area contributed by atoms with E-state index in [2.05, 4.69) is 15.3 Å². The summed E-state index contributed by atoms with van der Waals surface area (Å²) in [7, 11) is 0. The number of carbonyl (C=O) groups excluding carboxylic acids is 1. The molecule has 0 aliphatic carbocycles. The Labute approximate surface area is 103 Å². The van der Waals surface area contributed by atoms with E-state index in [1.165, 1.54) is 6.20 Å². The molecule has 0 unspecified atom stereocenters. The Balaban J connectivity index is 2.33. The van der Waals surface area contributed by atoms with Gasteiger partial charge in [0.05, 0.1) is 30.3 Å². The van der Waals surface area contributed by atoms with Crippen molar-refractivity contribution in [3.8, 4) is 0 Å². The first-order valence-electron chi connectivity index (χ1n) is 5.48. The van der Waals surface area contributed by atoms with Crippen molar-refractivity contribution >= 4 is 16.9 Å². The van der Waals surface area contributed by atoms with E-state index in [9.17, 15) is 4.79 Å². The molecular formula is C12H13N3O3. The minimum Gasteiger partial charge on any atom is -0.394 e. The molecule has 2 aromatic rings. The Hall–Kier alpha value is -2.05. The number of aromatic nitrogens is 2. The van der Waals surface area contributed by atoms with Gasteiger partial charge in [-0.25, -0.2) is 0 Å². The van der Waals surface area contributed by atoms with Gasteiger partial charge in [0.15, 0.2) is 0 Å². The monoisotopic (exact) mass is 247 g/mol. The van der Waals surface area contributed by atoms with Gasteiger partial charge in [0, 0.05) is 12.4 Å². The molecule has 0 bridgehead atoms. The van der Waals surface area contributed by atoms with Gasteiger partial charge < -0.3 is 15.5 Å². The van der Waals surface area contributed by atoms with E-state index in [0.29, 0.717) is 16.6 Å². The van der Waals surface area contributed by atoms with Crippen LogP contribution in [0.5, 0.6) is 0 Å². The second-order valence-electron chi connectivity index (χ2n) is 3.77. The largest absolute Gasteiger partial charge is 0.394 e. The Bertz CT molecular complexity index is 550. The summed E-state index contributed by atoms with van der Waals surface area (Å²) in [6.45, 7) is -0.641. The van der Waals surface area contributed by atoms with Gasteiger partial charge in [-0.1, -0.05) is 6.07 Å². The van der Waals surface area contributed by atoms with E-state index in [1.807, 2.05) is 0 Å². The highest BCUT2D eigenvalue weighted by Gasteiger charge is 2.15. The van der Waals surface area contributed by atoms with Gasteiger partial charge in [-0.05, 0) is 12.1 Å². The Morgan fingerprint density at radius 2 is 1.94 bits per heavy atom. The Morgan fingerprint density at radius 3 is 2.67 bits per heavy atom. The maximum atomic E-state index is 12.0. The van der Waals surface area contributed by atoms with Gasteiger partial charge >= 0.3 is 0 Å². The molecule has 1 heterocycles. The number of nitrogens with one attached hydrogen (secondary N) is 1. The quantitative estimate of drug-likeness (QED) is 0.690. The molecule has 0 radical (unpaired) electrons. The molecule has 2 rings (SSSR count). The van der Waals surface area contributed by atoms with E-state index < -0.39 is 11.9 Å². The van der Waals surface area contributed by atoms with Crippen LogP contribution in [0.25, 0.3) is 11.0 Å².